The molecule has 0 spiro atoms. The van der Waals surface area contributed by atoms with Crippen molar-refractivity contribution in [1.29, 1.82) is 0 Å². The van der Waals surface area contributed by atoms with Gasteiger partial charge in [0.15, 0.2) is 0 Å². The number of nitrogens with zero attached hydrogens (tertiary/aromatic N) is 1. The molecule has 1 fully saturated rings. The van der Waals surface area contributed by atoms with Crippen LogP contribution < -0.4 is 5.73 Å². The second kappa shape index (κ2) is 9.53. The van der Waals surface area contributed by atoms with Crippen molar-refractivity contribution in [2.45, 2.75) is 26.0 Å². The molecule has 0 amide bonds. The number of halogens is 3. The maximum Gasteiger partial charge on any atom is 0.123 e. The SMILES string of the molecule is Cc1cc(F)ccc1CN1CCOC(CCN)C1.Cl.Cl. The van der Waals surface area contributed by atoms with Crippen LogP contribution in [0.2, 0.25) is 0 Å². The van der Waals surface area contributed by atoms with Crippen molar-refractivity contribution in [3.63, 3.8) is 0 Å². The van der Waals surface area contributed by atoms with Crippen LogP contribution in [0.5, 0.6) is 0 Å². The van der Waals surface area contributed by atoms with Gasteiger partial charge in [-0.05, 0) is 43.1 Å². The highest BCUT2D eigenvalue weighted by Gasteiger charge is 2.20. The Labute approximate surface area is 132 Å². The zero-order valence-corrected chi connectivity index (χ0v) is 13.3. The molecule has 116 valence electrons. The molecule has 3 nitrogen and oxygen atoms in total. The van der Waals surface area contributed by atoms with E-state index in [1.807, 2.05) is 13.0 Å². The summed E-state index contributed by atoms with van der Waals surface area (Å²) in [4.78, 5) is 2.35. The van der Waals surface area contributed by atoms with Crippen molar-refractivity contribution in [2.75, 3.05) is 26.2 Å². The maximum atomic E-state index is 13.0. The third-order valence-corrected chi connectivity index (χ3v) is 3.41. The molecule has 6 heteroatoms. The average molecular weight is 325 g/mol. The minimum Gasteiger partial charge on any atom is -0.376 e. The molecule has 1 aliphatic heterocycles. The molecule has 20 heavy (non-hydrogen) atoms. The monoisotopic (exact) mass is 324 g/mol. The Hall–Kier alpha value is -0.390. The Morgan fingerprint density at radius 3 is 2.80 bits per heavy atom. The molecule has 0 aliphatic carbocycles. The molecule has 2 rings (SSSR count). The first-order valence-corrected chi connectivity index (χ1v) is 6.48. The fraction of sp³-hybridized carbons (Fsp3) is 0.571. The van der Waals surface area contributed by atoms with Crippen LogP contribution in [0.1, 0.15) is 17.5 Å². The van der Waals surface area contributed by atoms with Crippen LogP contribution in [0.4, 0.5) is 4.39 Å². The summed E-state index contributed by atoms with van der Waals surface area (Å²) in [6.07, 6.45) is 1.14. The van der Waals surface area contributed by atoms with Gasteiger partial charge in [-0.1, -0.05) is 6.07 Å². The number of nitrogens with two attached hydrogens (primary N) is 1. The number of benzene rings is 1. The fourth-order valence-electron chi connectivity index (χ4n) is 2.36. The molecule has 1 aromatic carbocycles. The summed E-state index contributed by atoms with van der Waals surface area (Å²) < 4.78 is 18.7. The van der Waals surface area contributed by atoms with Crippen molar-refractivity contribution in [1.82, 2.24) is 4.90 Å². The number of ether oxygens (including phenoxy) is 1. The Bertz CT molecular complexity index is 405. The quantitative estimate of drug-likeness (QED) is 0.924. The fourth-order valence-corrected chi connectivity index (χ4v) is 2.36. The van der Waals surface area contributed by atoms with Crippen molar-refractivity contribution in [3.05, 3.63) is 35.1 Å². The van der Waals surface area contributed by atoms with E-state index in [-0.39, 0.29) is 36.7 Å². The van der Waals surface area contributed by atoms with Gasteiger partial charge in [0, 0.05) is 19.6 Å². The molecule has 1 heterocycles. The van der Waals surface area contributed by atoms with E-state index in [9.17, 15) is 4.39 Å². The molecule has 2 N–H and O–H groups in total. The summed E-state index contributed by atoms with van der Waals surface area (Å²) in [5.74, 6) is -0.167. The van der Waals surface area contributed by atoms with E-state index >= 15 is 0 Å². The van der Waals surface area contributed by atoms with Crippen LogP contribution in [0.25, 0.3) is 0 Å². The third kappa shape index (κ3) is 5.54. The molecular weight excluding hydrogens is 302 g/mol. The molecule has 0 bridgehead atoms. The molecular formula is C14H23Cl2FN2O. The highest BCUT2D eigenvalue weighted by atomic mass is 35.5. The predicted octanol–water partition coefficient (Wildman–Crippen LogP) is 2.53. The standard InChI is InChI=1S/C14H21FN2O.2ClH/c1-11-8-13(15)3-2-12(11)9-17-6-7-18-14(10-17)4-5-16;;/h2-3,8,14H,4-7,9-10,16H2,1H3;2*1H. The summed E-state index contributed by atoms with van der Waals surface area (Å²) in [5, 5.41) is 0. The first-order chi connectivity index (χ1) is 8.69. The average Bonchev–Trinajstić information content (AvgIpc) is 2.34. The second-order valence-corrected chi connectivity index (χ2v) is 4.88. The Morgan fingerprint density at radius 1 is 1.40 bits per heavy atom. The van der Waals surface area contributed by atoms with Crippen molar-refractivity contribution in [2.24, 2.45) is 5.73 Å². The number of hydrogen-bond acceptors (Lipinski definition) is 3. The summed E-state index contributed by atoms with van der Waals surface area (Å²) in [6.45, 7) is 6.07. The number of hydrogen-bond donors (Lipinski definition) is 1. The van der Waals surface area contributed by atoms with Gasteiger partial charge < -0.3 is 10.5 Å². The molecule has 0 saturated carbocycles. The van der Waals surface area contributed by atoms with Gasteiger partial charge in [-0.25, -0.2) is 4.39 Å². The van der Waals surface area contributed by atoms with Crippen LogP contribution in [-0.4, -0.2) is 37.2 Å². The van der Waals surface area contributed by atoms with Gasteiger partial charge in [-0.2, -0.15) is 0 Å². The summed E-state index contributed by atoms with van der Waals surface area (Å²) in [7, 11) is 0. The minimum absolute atomic E-state index is 0. The Balaban J connectivity index is 0.00000180. The molecule has 1 atom stereocenters. The lowest BCUT2D eigenvalue weighted by Crippen LogP contribution is -2.42. The van der Waals surface area contributed by atoms with Gasteiger partial charge >= 0.3 is 0 Å². The molecule has 0 aromatic heterocycles. The first-order valence-electron chi connectivity index (χ1n) is 6.48. The van der Waals surface area contributed by atoms with E-state index in [4.69, 9.17) is 10.5 Å². The number of aryl methyl sites for hydroxylation is 1. The number of rotatable bonds is 4. The van der Waals surface area contributed by atoms with Gasteiger partial charge in [0.25, 0.3) is 0 Å². The first kappa shape index (κ1) is 19.6. The summed E-state index contributed by atoms with van der Waals surface area (Å²) in [6, 6.07) is 4.99. The highest BCUT2D eigenvalue weighted by molar-refractivity contribution is 5.85. The molecule has 1 unspecified atom stereocenters. The lowest BCUT2D eigenvalue weighted by molar-refractivity contribution is -0.0335. The van der Waals surface area contributed by atoms with Gasteiger partial charge in [-0.3, -0.25) is 4.90 Å². The molecule has 0 radical (unpaired) electrons. The number of morpholine rings is 1. The third-order valence-electron chi connectivity index (χ3n) is 3.41. The molecule has 1 aliphatic rings. The largest absolute Gasteiger partial charge is 0.376 e. The van der Waals surface area contributed by atoms with E-state index in [1.54, 1.807) is 6.07 Å². The van der Waals surface area contributed by atoms with E-state index in [1.165, 1.54) is 11.6 Å². The van der Waals surface area contributed by atoms with Gasteiger partial charge in [-0.15, -0.1) is 24.8 Å². The predicted molar refractivity (Wildman–Crippen MR) is 84.3 cm³/mol. The highest BCUT2D eigenvalue weighted by Crippen LogP contribution is 2.16. The zero-order chi connectivity index (χ0) is 13.0. The Kier molecular flexibility index (Phi) is 9.34. The molecule has 1 saturated heterocycles. The smallest absolute Gasteiger partial charge is 0.123 e. The summed E-state index contributed by atoms with van der Waals surface area (Å²) >= 11 is 0. The van der Waals surface area contributed by atoms with Gasteiger partial charge in [0.2, 0.25) is 0 Å². The second-order valence-electron chi connectivity index (χ2n) is 4.88. The van der Waals surface area contributed by atoms with Crippen molar-refractivity contribution < 1.29 is 9.13 Å². The van der Waals surface area contributed by atoms with Crippen molar-refractivity contribution in [3.8, 4) is 0 Å². The topological polar surface area (TPSA) is 38.5 Å². The van der Waals surface area contributed by atoms with Crippen LogP contribution in [0.3, 0.4) is 0 Å². The van der Waals surface area contributed by atoms with Crippen LogP contribution in [0, 0.1) is 12.7 Å². The van der Waals surface area contributed by atoms with Crippen LogP contribution in [-0.2, 0) is 11.3 Å². The Morgan fingerprint density at radius 2 is 2.15 bits per heavy atom. The van der Waals surface area contributed by atoms with E-state index in [0.29, 0.717) is 6.54 Å². The van der Waals surface area contributed by atoms with Gasteiger partial charge in [0.05, 0.1) is 12.7 Å². The van der Waals surface area contributed by atoms with Crippen molar-refractivity contribution >= 4 is 24.8 Å². The molecule has 1 aromatic rings. The van der Waals surface area contributed by atoms with Crippen LogP contribution in [0.15, 0.2) is 18.2 Å². The lowest BCUT2D eigenvalue weighted by Gasteiger charge is -2.33. The van der Waals surface area contributed by atoms with Gasteiger partial charge in [0.1, 0.15) is 5.82 Å². The zero-order valence-electron chi connectivity index (χ0n) is 11.7. The van der Waals surface area contributed by atoms with Crippen LogP contribution >= 0.6 is 24.8 Å². The summed E-state index contributed by atoms with van der Waals surface area (Å²) in [5.41, 5.74) is 7.75. The normalized spacial score (nSPS) is 19.1. The van der Waals surface area contributed by atoms with E-state index in [0.717, 1.165) is 38.2 Å². The van der Waals surface area contributed by atoms with E-state index in [2.05, 4.69) is 4.90 Å². The minimum atomic E-state index is -0.167. The lowest BCUT2D eigenvalue weighted by atomic mass is 10.1. The van der Waals surface area contributed by atoms with E-state index < -0.39 is 0 Å². The maximum absolute atomic E-state index is 13.0.